The second-order valence-corrected chi connectivity index (χ2v) is 6.14. The molecule has 1 saturated carbocycles. The fourth-order valence-corrected chi connectivity index (χ4v) is 3.26. The van der Waals surface area contributed by atoms with Gasteiger partial charge < -0.3 is 5.32 Å². The van der Waals surface area contributed by atoms with Crippen molar-refractivity contribution in [2.45, 2.75) is 71.9 Å². The highest BCUT2D eigenvalue weighted by Gasteiger charge is 2.19. The lowest BCUT2D eigenvalue weighted by Gasteiger charge is -2.28. The average Bonchev–Trinajstić information content (AvgIpc) is 2.74. The van der Waals surface area contributed by atoms with Gasteiger partial charge in [-0.1, -0.05) is 19.3 Å². The number of aromatic nitrogens is 2. The molecule has 1 aromatic heterocycles. The van der Waals surface area contributed by atoms with E-state index in [2.05, 4.69) is 41.9 Å². The summed E-state index contributed by atoms with van der Waals surface area (Å²) in [5.41, 5.74) is 2.40. The van der Waals surface area contributed by atoms with Crippen molar-refractivity contribution in [1.82, 2.24) is 15.1 Å². The number of nitrogens with one attached hydrogen (secondary N) is 1. The summed E-state index contributed by atoms with van der Waals surface area (Å²) in [6, 6.07) is 2.83. The van der Waals surface area contributed by atoms with Crippen LogP contribution in [0.25, 0.3) is 0 Å². The lowest BCUT2D eigenvalue weighted by atomic mass is 9.84. The predicted molar refractivity (Wildman–Crippen MR) is 80.4 cm³/mol. The number of nitrogens with zero attached hydrogens (tertiary/aromatic N) is 2. The van der Waals surface area contributed by atoms with E-state index in [0.717, 1.165) is 24.7 Å². The van der Waals surface area contributed by atoms with Crippen LogP contribution in [0.1, 0.15) is 56.8 Å². The molecule has 1 unspecified atom stereocenters. The molecule has 2 rings (SSSR count). The SMILES string of the molecule is Cc1cc(C)n(CCCNC(C)C2CCCCC2)n1. The van der Waals surface area contributed by atoms with Gasteiger partial charge in [0.1, 0.15) is 0 Å². The highest BCUT2D eigenvalue weighted by atomic mass is 15.3. The van der Waals surface area contributed by atoms with Crippen molar-refractivity contribution in [3.63, 3.8) is 0 Å². The van der Waals surface area contributed by atoms with E-state index in [1.54, 1.807) is 0 Å². The molecule has 1 aliphatic carbocycles. The third kappa shape index (κ3) is 4.34. The molecular weight excluding hydrogens is 234 g/mol. The maximum Gasteiger partial charge on any atom is 0.0596 e. The number of rotatable bonds is 6. The van der Waals surface area contributed by atoms with Crippen LogP contribution in [0.5, 0.6) is 0 Å². The molecule has 0 saturated heterocycles. The molecule has 1 aliphatic rings. The topological polar surface area (TPSA) is 29.9 Å². The zero-order valence-corrected chi connectivity index (χ0v) is 12.8. The minimum atomic E-state index is 0.681. The van der Waals surface area contributed by atoms with Crippen molar-refractivity contribution in [2.75, 3.05) is 6.54 Å². The van der Waals surface area contributed by atoms with E-state index in [-0.39, 0.29) is 0 Å². The van der Waals surface area contributed by atoms with Crippen LogP contribution in [-0.4, -0.2) is 22.4 Å². The van der Waals surface area contributed by atoms with Gasteiger partial charge in [0.25, 0.3) is 0 Å². The van der Waals surface area contributed by atoms with Crippen LogP contribution in [0.15, 0.2) is 6.07 Å². The fraction of sp³-hybridized carbons (Fsp3) is 0.812. The first-order valence-corrected chi connectivity index (χ1v) is 7.91. The predicted octanol–water partition coefficient (Wildman–Crippen LogP) is 3.45. The molecule has 1 fully saturated rings. The lowest BCUT2D eigenvalue weighted by Crippen LogP contribution is -2.35. The highest BCUT2D eigenvalue weighted by molar-refractivity contribution is 5.06. The third-order valence-corrected chi connectivity index (χ3v) is 4.47. The van der Waals surface area contributed by atoms with Gasteiger partial charge in [-0.3, -0.25) is 4.68 Å². The van der Waals surface area contributed by atoms with Crippen LogP contribution in [0.3, 0.4) is 0 Å². The molecule has 108 valence electrons. The molecule has 3 nitrogen and oxygen atoms in total. The molecule has 0 aromatic carbocycles. The summed E-state index contributed by atoms with van der Waals surface area (Å²) in [5, 5.41) is 8.21. The van der Waals surface area contributed by atoms with E-state index in [1.165, 1.54) is 44.2 Å². The molecule has 0 spiro atoms. The Bertz CT molecular complexity index is 377. The molecule has 0 aliphatic heterocycles. The maximum absolute atomic E-state index is 4.51. The van der Waals surface area contributed by atoms with Crippen LogP contribution >= 0.6 is 0 Å². The van der Waals surface area contributed by atoms with Crippen molar-refractivity contribution in [1.29, 1.82) is 0 Å². The van der Waals surface area contributed by atoms with Crippen LogP contribution in [0, 0.1) is 19.8 Å². The number of hydrogen-bond acceptors (Lipinski definition) is 2. The molecule has 3 heteroatoms. The Morgan fingerprint density at radius 2 is 2.05 bits per heavy atom. The number of aryl methyl sites for hydroxylation is 3. The second kappa shape index (κ2) is 7.09. The smallest absolute Gasteiger partial charge is 0.0596 e. The molecule has 1 heterocycles. The van der Waals surface area contributed by atoms with E-state index in [1.807, 2.05) is 0 Å². The van der Waals surface area contributed by atoms with Gasteiger partial charge in [-0.25, -0.2) is 0 Å². The van der Waals surface area contributed by atoms with Gasteiger partial charge in [0, 0.05) is 18.3 Å². The minimum absolute atomic E-state index is 0.681. The molecule has 0 radical (unpaired) electrons. The molecule has 1 aromatic rings. The summed E-state index contributed by atoms with van der Waals surface area (Å²) in [7, 11) is 0. The zero-order chi connectivity index (χ0) is 13.7. The summed E-state index contributed by atoms with van der Waals surface area (Å²) in [6.07, 6.45) is 8.32. The Labute approximate surface area is 117 Å². The van der Waals surface area contributed by atoms with Crippen LogP contribution < -0.4 is 5.32 Å². The molecule has 0 amide bonds. The highest BCUT2D eigenvalue weighted by Crippen LogP contribution is 2.26. The Hall–Kier alpha value is -0.830. The van der Waals surface area contributed by atoms with E-state index in [4.69, 9.17) is 0 Å². The first kappa shape index (κ1) is 14.6. The number of hydrogen-bond donors (Lipinski definition) is 1. The van der Waals surface area contributed by atoms with Crippen molar-refractivity contribution in [2.24, 2.45) is 5.92 Å². The molecule has 1 N–H and O–H groups in total. The summed E-state index contributed by atoms with van der Waals surface area (Å²) in [5.74, 6) is 0.905. The Kier molecular flexibility index (Phi) is 5.44. The maximum atomic E-state index is 4.51. The summed E-state index contributed by atoms with van der Waals surface area (Å²) >= 11 is 0. The van der Waals surface area contributed by atoms with Gasteiger partial charge >= 0.3 is 0 Å². The third-order valence-electron chi connectivity index (χ3n) is 4.47. The van der Waals surface area contributed by atoms with Gasteiger partial charge in [0.15, 0.2) is 0 Å². The largest absolute Gasteiger partial charge is 0.314 e. The fourth-order valence-electron chi connectivity index (χ4n) is 3.26. The van der Waals surface area contributed by atoms with Crippen molar-refractivity contribution in [3.05, 3.63) is 17.5 Å². The van der Waals surface area contributed by atoms with Crippen molar-refractivity contribution < 1.29 is 0 Å². The standard InChI is InChI=1S/C16H29N3/c1-13-12-14(2)19(18-13)11-7-10-17-15(3)16-8-5-4-6-9-16/h12,15-17H,4-11H2,1-3H3. The first-order valence-electron chi connectivity index (χ1n) is 7.91. The van der Waals surface area contributed by atoms with Crippen LogP contribution in [-0.2, 0) is 6.54 Å². The van der Waals surface area contributed by atoms with Crippen LogP contribution in [0.2, 0.25) is 0 Å². The Morgan fingerprint density at radius 3 is 2.68 bits per heavy atom. The monoisotopic (exact) mass is 263 g/mol. The van der Waals surface area contributed by atoms with E-state index >= 15 is 0 Å². The summed E-state index contributed by atoms with van der Waals surface area (Å²) < 4.78 is 2.13. The van der Waals surface area contributed by atoms with Gasteiger partial charge in [0.2, 0.25) is 0 Å². The van der Waals surface area contributed by atoms with Crippen molar-refractivity contribution >= 4 is 0 Å². The molecular formula is C16H29N3. The quantitative estimate of drug-likeness (QED) is 0.797. The Balaban J connectivity index is 1.64. The lowest BCUT2D eigenvalue weighted by molar-refractivity contribution is 0.280. The first-order chi connectivity index (χ1) is 9.16. The van der Waals surface area contributed by atoms with Crippen molar-refractivity contribution in [3.8, 4) is 0 Å². The average molecular weight is 263 g/mol. The molecule has 19 heavy (non-hydrogen) atoms. The van der Waals surface area contributed by atoms with E-state index < -0.39 is 0 Å². The summed E-state index contributed by atoms with van der Waals surface area (Å²) in [4.78, 5) is 0. The summed E-state index contributed by atoms with van der Waals surface area (Å²) in [6.45, 7) is 8.70. The van der Waals surface area contributed by atoms with Gasteiger partial charge in [0.05, 0.1) is 5.69 Å². The normalized spacial score (nSPS) is 18.7. The van der Waals surface area contributed by atoms with Gasteiger partial charge in [-0.2, -0.15) is 5.10 Å². The van der Waals surface area contributed by atoms with E-state index in [9.17, 15) is 0 Å². The van der Waals surface area contributed by atoms with E-state index in [0.29, 0.717) is 6.04 Å². The molecule has 0 bridgehead atoms. The zero-order valence-electron chi connectivity index (χ0n) is 12.8. The molecule has 1 atom stereocenters. The Morgan fingerprint density at radius 1 is 1.32 bits per heavy atom. The van der Waals surface area contributed by atoms with Gasteiger partial charge in [-0.15, -0.1) is 0 Å². The van der Waals surface area contributed by atoms with Crippen LogP contribution in [0.4, 0.5) is 0 Å². The minimum Gasteiger partial charge on any atom is -0.314 e. The van der Waals surface area contributed by atoms with Gasteiger partial charge in [-0.05, 0) is 58.6 Å². The second-order valence-electron chi connectivity index (χ2n) is 6.14.